The van der Waals surface area contributed by atoms with Crippen molar-refractivity contribution >= 4 is 0 Å². The Morgan fingerprint density at radius 1 is 1.47 bits per heavy atom. The minimum absolute atomic E-state index is 0.658. The van der Waals surface area contributed by atoms with Gasteiger partial charge in [-0.2, -0.15) is 5.10 Å². The third kappa shape index (κ3) is 4.47. The third-order valence-corrected chi connectivity index (χ3v) is 2.85. The van der Waals surface area contributed by atoms with Crippen LogP contribution in [0.4, 0.5) is 0 Å². The highest BCUT2D eigenvalue weighted by molar-refractivity contribution is 5.03. The predicted molar refractivity (Wildman–Crippen MR) is 63.9 cm³/mol. The molecule has 0 saturated heterocycles. The summed E-state index contributed by atoms with van der Waals surface area (Å²) in [5.74, 6) is 0. The molecule has 0 bridgehead atoms. The fraction of sp³-hybridized carbons (Fsp3) is 0.750. The van der Waals surface area contributed by atoms with E-state index in [0.717, 1.165) is 6.42 Å². The summed E-state index contributed by atoms with van der Waals surface area (Å²) in [7, 11) is 4.03. The molecule has 0 fully saturated rings. The molecule has 3 nitrogen and oxygen atoms in total. The van der Waals surface area contributed by atoms with E-state index in [1.165, 1.54) is 31.2 Å². The van der Waals surface area contributed by atoms with Gasteiger partial charge in [0.05, 0.1) is 6.20 Å². The van der Waals surface area contributed by atoms with Crippen molar-refractivity contribution in [2.45, 2.75) is 45.1 Å². The zero-order valence-electron chi connectivity index (χ0n) is 10.2. The van der Waals surface area contributed by atoms with Crippen molar-refractivity contribution in [3.8, 4) is 0 Å². The minimum Gasteiger partial charge on any atom is -0.317 e. The van der Waals surface area contributed by atoms with E-state index in [1.54, 1.807) is 0 Å². The molecule has 1 N–H and O–H groups in total. The number of hydrogen-bond donors (Lipinski definition) is 1. The smallest absolute Gasteiger partial charge is 0.0521 e. The van der Waals surface area contributed by atoms with Crippen LogP contribution in [-0.4, -0.2) is 22.9 Å². The molecule has 0 spiro atoms. The second kappa shape index (κ2) is 6.62. The second-order valence-electron chi connectivity index (χ2n) is 4.19. The first-order valence-corrected chi connectivity index (χ1v) is 5.91. The maximum Gasteiger partial charge on any atom is 0.0521 e. The predicted octanol–water partition coefficient (Wildman–Crippen LogP) is 2.13. The lowest BCUT2D eigenvalue weighted by molar-refractivity contribution is 0.471. The molecule has 86 valence electrons. The van der Waals surface area contributed by atoms with Crippen LogP contribution in [0, 0.1) is 0 Å². The summed E-state index contributed by atoms with van der Waals surface area (Å²) in [6, 6.07) is 0.658. The summed E-state index contributed by atoms with van der Waals surface area (Å²) in [5, 5.41) is 7.57. The van der Waals surface area contributed by atoms with Crippen molar-refractivity contribution in [2.24, 2.45) is 7.05 Å². The average molecular weight is 209 g/mol. The van der Waals surface area contributed by atoms with Gasteiger partial charge in [-0.05, 0) is 31.9 Å². The number of nitrogens with one attached hydrogen (secondary N) is 1. The standard InChI is InChI=1S/C12H23N3/c1-4-5-6-12(13-2)8-7-11-9-14-15(3)10-11/h9-10,12-13H,4-8H2,1-3H3. The molecule has 1 unspecified atom stereocenters. The van der Waals surface area contributed by atoms with Crippen molar-refractivity contribution in [1.82, 2.24) is 15.1 Å². The van der Waals surface area contributed by atoms with E-state index in [-0.39, 0.29) is 0 Å². The lowest BCUT2D eigenvalue weighted by atomic mass is 10.0. The van der Waals surface area contributed by atoms with Gasteiger partial charge in [0.1, 0.15) is 0 Å². The van der Waals surface area contributed by atoms with Crippen LogP contribution in [0.2, 0.25) is 0 Å². The number of unbranched alkanes of at least 4 members (excludes halogenated alkanes) is 1. The zero-order chi connectivity index (χ0) is 11.1. The summed E-state index contributed by atoms with van der Waals surface area (Å²) < 4.78 is 1.87. The van der Waals surface area contributed by atoms with Crippen LogP contribution in [-0.2, 0) is 13.5 Å². The van der Waals surface area contributed by atoms with E-state index in [2.05, 4.69) is 30.6 Å². The number of hydrogen-bond acceptors (Lipinski definition) is 2. The molecule has 3 heteroatoms. The Hall–Kier alpha value is -0.830. The molecule has 0 radical (unpaired) electrons. The molecule has 1 aromatic rings. The molecule has 1 atom stereocenters. The van der Waals surface area contributed by atoms with E-state index in [9.17, 15) is 0 Å². The molecular formula is C12H23N3. The van der Waals surface area contributed by atoms with Crippen LogP contribution in [0.25, 0.3) is 0 Å². The van der Waals surface area contributed by atoms with Crippen molar-refractivity contribution in [3.63, 3.8) is 0 Å². The third-order valence-electron chi connectivity index (χ3n) is 2.85. The van der Waals surface area contributed by atoms with Gasteiger partial charge in [0.15, 0.2) is 0 Å². The maximum absolute atomic E-state index is 4.18. The fourth-order valence-electron chi connectivity index (χ4n) is 1.83. The van der Waals surface area contributed by atoms with E-state index >= 15 is 0 Å². The van der Waals surface area contributed by atoms with Gasteiger partial charge < -0.3 is 5.32 Å². The van der Waals surface area contributed by atoms with Gasteiger partial charge in [-0.25, -0.2) is 0 Å². The Morgan fingerprint density at radius 2 is 2.27 bits per heavy atom. The Morgan fingerprint density at radius 3 is 2.80 bits per heavy atom. The minimum atomic E-state index is 0.658. The van der Waals surface area contributed by atoms with Gasteiger partial charge >= 0.3 is 0 Å². The van der Waals surface area contributed by atoms with Crippen LogP contribution >= 0.6 is 0 Å². The first-order chi connectivity index (χ1) is 7.26. The molecule has 0 aromatic carbocycles. The van der Waals surface area contributed by atoms with E-state index in [0.29, 0.717) is 6.04 Å². The van der Waals surface area contributed by atoms with Gasteiger partial charge in [-0.3, -0.25) is 4.68 Å². The van der Waals surface area contributed by atoms with Gasteiger partial charge in [0.25, 0.3) is 0 Å². The van der Waals surface area contributed by atoms with Crippen LogP contribution < -0.4 is 5.32 Å². The van der Waals surface area contributed by atoms with Gasteiger partial charge in [-0.1, -0.05) is 19.8 Å². The van der Waals surface area contributed by atoms with Crippen molar-refractivity contribution < 1.29 is 0 Å². The quantitative estimate of drug-likeness (QED) is 0.745. The highest BCUT2D eigenvalue weighted by Crippen LogP contribution is 2.08. The molecule has 0 amide bonds. The average Bonchev–Trinajstić information content (AvgIpc) is 2.65. The lowest BCUT2D eigenvalue weighted by Crippen LogP contribution is -2.25. The summed E-state index contributed by atoms with van der Waals surface area (Å²) in [4.78, 5) is 0. The van der Waals surface area contributed by atoms with Gasteiger partial charge in [0.2, 0.25) is 0 Å². The molecule has 1 heterocycles. The van der Waals surface area contributed by atoms with Crippen LogP contribution in [0.15, 0.2) is 12.4 Å². The van der Waals surface area contributed by atoms with Crippen LogP contribution in [0.5, 0.6) is 0 Å². The summed E-state index contributed by atoms with van der Waals surface area (Å²) in [5.41, 5.74) is 1.34. The van der Waals surface area contributed by atoms with Crippen molar-refractivity contribution in [2.75, 3.05) is 7.05 Å². The van der Waals surface area contributed by atoms with E-state index < -0.39 is 0 Å². The molecule has 1 aromatic heterocycles. The van der Waals surface area contributed by atoms with E-state index in [4.69, 9.17) is 0 Å². The molecule has 1 rings (SSSR count). The maximum atomic E-state index is 4.18. The zero-order valence-corrected chi connectivity index (χ0v) is 10.2. The Balaban J connectivity index is 2.27. The Bertz CT molecular complexity index is 268. The van der Waals surface area contributed by atoms with Gasteiger partial charge in [0, 0.05) is 19.3 Å². The fourth-order valence-corrected chi connectivity index (χ4v) is 1.83. The topological polar surface area (TPSA) is 29.9 Å². The molecule has 0 aliphatic heterocycles. The van der Waals surface area contributed by atoms with Crippen LogP contribution in [0.3, 0.4) is 0 Å². The van der Waals surface area contributed by atoms with E-state index in [1.807, 2.05) is 17.9 Å². The molecule has 0 aliphatic carbocycles. The first-order valence-electron chi connectivity index (χ1n) is 5.91. The Kier molecular flexibility index (Phi) is 5.40. The molecule has 0 saturated carbocycles. The van der Waals surface area contributed by atoms with Crippen molar-refractivity contribution in [1.29, 1.82) is 0 Å². The summed E-state index contributed by atoms with van der Waals surface area (Å²) >= 11 is 0. The second-order valence-corrected chi connectivity index (χ2v) is 4.19. The van der Waals surface area contributed by atoms with Gasteiger partial charge in [-0.15, -0.1) is 0 Å². The monoisotopic (exact) mass is 209 g/mol. The summed E-state index contributed by atoms with van der Waals surface area (Å²) in [6.45, 7) is 2.24. The molecule has 15 heavy (non-hydrogen) atoms. The number of rotatable bonds is 7. The van der Waals surface area contributed by atoms with Crippen molar-refractivity contribution in [3.05, 3.63) is 18.0 Å². The number of aryl methyl sites for hydroxylation is 2. The summed E-state index contributed by atoms with van der Waals surface area (Å²) in [6.07, 6.45) is 10.3. The largest absolute Gasteiger partial charge is 0.317 e. The lowest BCUT2D eigenvalue weighted by Gasteiger charge is -2.14. The normalized spacial score (nSPS) is 13.0. The number of nitrogens with zero attached hydrogens (tertiary/aromatic N) is 2. The highest BCUT2D eigenvalue weighted by Gasteiger charge is 2.06. The SMILES string of the molecule is CCCCC(CCc1cnn(C)c1)NC. The highest BCUT2D eigenvalue weighted by atomic mass is 15.2. The molecule has 0 aliphatic rings. The number of aromatic nitrogens is 2. The Labute approximate surface area is 92.9 Å². The first kappa shape index (κ1) is 12.2. The molecular weight excluding hydrogens is 186 g/mol. The van der Waals surface area contributed by atoms with Crippen LogP contribution in [0.1, 0.15) is 38.2 Å².